The van der Waals surface area contributed by atoms with Crippen LogP contribution >= 0.6 is 35.2 Å². The van der Waals surface area contributed by atoms with Crippen LogP contribution in [0.4, 0.5) is 15.8 Å². The van der Waals surface area contributed by atoms with Crippen LogP contribution in [0, 0.1) is 22.6 Å². The van der Waals surface area contributed by atoms with E-state index in [1.807, 2.05) is 51.1 Å². The quantitative estimate of drug-likeness (QED) is 0.0579. The van der Waals surface area contributed by atoms with Gasteiger partial charge < -0.3 is 35.0 Å². The van der Waals surface area contributed by atoms with Crippen molar-refractivity contribution in [3.8, 4) is 22.3 Å². The minimum absolute atomic E-state index is 0.0160. The van der Waals surface area contributed by atoms with Gasteiger partial charge in [-0.25, -0.2) is 4.39 Å². The smallest absolute Gasteiger partial charge is 0.259 e. The number of β-amino-alcohol motifs (C(OH)–C–C–N with tert-alkyl or cyclic N) is 1. The van der Waals surface area contributed by atoms with Gasteiger partial charge in [0.15, 0.2) is 16.7 Å². The number of hydrogen-bond acceptors (Lipinski definition) is 11. The standard InChI is InChI=1S/C49H57ClFN7O7S2/c1-48(2,3)43(45(62)56-28-36(59)24-39(56)44(61)54-26-31-12-14-32(15-13-31)41-27-53-30-67-41)55-42(60)29-64-20-10-8-6-7-9-11-21-65-40-19-18-35(23-38(40)51)58-47(66)57(46(63)49(58,4)5)34-17-16-33(25-52)37(50)22-34/h12-19,22-23,27,30,36,39,43,59H,6-11,20-21,24,26,28-29H2,1-5H3,(H,54,61)(H,55,60)/t36-,39+,43-/m1/s1. The van der Waals surface area contributed by atoms with Crippen LogP contribution in [0.1, 0.15) is 90.7 Å². The number of nitrogens with zero attached hydrogens (tertiary/aromatic N) is 5. The van der Waals surface area contributed by atoms with Crippen LogP contribution < -0.4 is 25.2 Å². The Morgan fingerprint density at radius 3 is 2.36 bits per heavy atom. The number of rotatable bonds is 20. The molecule has 6 rings (SSSR count). The van der Waals surface area contributed by atoms with Crippen LogP contribution in [0.25, 0.3) is 10.4 Å². The maximum absolute atomic E-state index is 15.3. The zero-order chi connectivity index (χ0) is 48.5. The van der Waals surface area contributed by atoms with Gasteiger partial charge in [0.2, 0.25) is 17.7 Å². The number of hydrogen-bond donors (Lipinski definition) is 3. The number of benzene rings is 3. The molecule has 18 heteroatoms. The molecule has 0 radical (unpaired) electrons. The van der Waals surface area contributed by atoms with Gasteiger partial charge in [-0.2, -0.15) is 5.26 Å². The van der Waals surface area contributed by atoms with Gasteiger partial charge in [-0.1, -0.05) is 82.3 Å². The molecular formula is C49H57ClFN7O7S2. The van der Waals surface area contributed by atoms with Crippen molar-refractivity contribution in [2.75, 3.05) is 36.2 Å². The zero-order valence-electron chi connectivity index (χ0n) is 38.4. The van der Waals surface area contributed by atoms with Gasteiger partial charge in [0, 0.05) is 44.1 Å². The molecule has 0 bridgehead atoms. The SMILES string of the molecule is CC(C)(C)[C@H](NC(=O)COCCCCCCCCOc1ccc(N2C(=S)N(c3ccc(C#N)c(Cl)c3)C(=O)C2(C)C)cc1F)C(=O)N1C[C@H](O)C[C@H]1C(=O)NCc1ccc(-c2cncs2)cc1. The minimum atomic E-state index is -1.13. The second-order valence-corrected chi connectivity index (χ2v) is 19.9. The number of anilines is 2. The third kappa shape index (κ3) is 12.5. The van der Waals surface area contributed by atoms with Crippen molar-refractivity contribution in [2.45, 2.75) is 110 Å². The maximum atomic E-state index is 15.3. The molecule has 3 aromatic carbocycles. The Balaban J connectivity index is 0.866. The van der Waals surface area contributed by atoms with E-state index in [1.54, 1.807) is 53.9 Å². The fraction of sp³-hybridized carbons (Fsp3) is 0.449. The topological polar surface area (TPSA) is 177 Å². The van der Waals surface area contributed by atoms with Crippen LogP contribution in [0.3, 0.4) is 0 Å². The van der Waals surface area contributed by atoms with Gasteiger partial charge in [-0.05, 0) is 85.8 Å². The summed E-state index contributed by atoms with van der Waals surface area (Å²) in [5, 5.41) is 25.8. The number of likely N-dealkylation sites (tertiary alicyclic amines) is 1. The van der Waals surface area contributed by atoms with E-state index in [0.29, 0.717) is 24.6 Å². The molecule has 2 aliphatic rings. The molecule has 2 fully saturated rings. The van der Waals surface area contributed by atoms with Gasteiger partial charge in [0.05, 0.1) is 39.4 Å². The molecule has 4 aromatic rings. The van der Waals surface area contributed by atoms with E-state index in [4.69, 9.17) is 33.3 Å². The second-order valence-electron chi connectivity index (χ2n) is 18.3. The number of thiazole rings is 1. The highest BCUT2D eigenvalue weighted by Gasteiger charge is 2.50. The van der Waals surface area contributed by atoms with Gasteiger partial charge >= 0.3 is 0 Å². The van der Waals surface area contributed by atoms with Crippen LogP contribution in [0.2, 0.25) is 5.02 Å². The molecule has 0 spiro atoms. The molecule has 3 atom stereocenters. The van der Waals surface area contributed by atoms with Crippen LogP contribution in [-0.4, -0.2) is 93.8 Å². The normalized spacial score (nSPS) is 17.4. The number of halogens is 2. The van der Waals surface area contributed by atoms with E-state index in [9.17, 15) is 29.5 Å². The van der Waals surface area contributed by atoms with Crippen LogP contribution in [0.5, 0.6) is 5.75 Å². The number of carbonyl (C=O) groups is 4. The molecular weight excluding hydrogens is 917 g/mol. The average Bonchev–Trinajstić information content (AvgIpc) is 4.01. The number of thiocarbonyl (C=S) groups is 1. The number of aliphatic hydroxyl groups excluding tert-OH is 1. The molecule has 2 saturated heterocycles. The minimum Gasteiger partial charge on any atom is -0.491 e. The van der Waals surface area contributed by atoms with E-state index >= 15 is 4.39 Å². The lowest BCUT2D eigenvalue weighted by Gasteiger charge is -2.35. The molecule has 2 aliphatic heterocycles. The fourth-order valence-corrected chi connectivity index (χ4v) is 9.44. The van der Waals surface area contributed by atoms with Gasteiger partial charge in [-0.3, -0.25) is 29.1 Å². The maximum Gasteiger partial charge on any atom is 0.259 e. The van der Waals surface area contributed by atoms with Crippen molar-refractivity contribution in [3.63, 3.8) is 0 Å². The zero-order valence-corrected chi connectivity index (χ0v) is 40.7. The average molecular weight is 975 g/mol. The molecule has 4 amide bonds. The lowest BCUT2D eigenvalue weighted by Crippen LogP contribution is -2.58. The molecule has 0 saturated carbocycles. The molecule has 0 aliphatic carbocycles. The van der Waals surface area contributed by atoms with Gasteiger partial charge in [-0.15, -0.1) is 11.3 Å². The number of aromatic nitrogens is 1. The molecule has 14 nitrogen and oxygen atoms in total. The Kier molecular flexibility index (Phi) is 17.1. The van der Waals surface area contributed by atoms with Crippen LogP contribution in [-0.2, 0) is 30.5 Å². The molecule has 356 valence electrons. The Bertz CT molecular complexity index is 2460. The lowest BCUT2D eigenvalue weighted by molar-refractivity contribution is -0.144. The van der Waals surface area contributed by atoms with Crippen molar-refractivity contribution in [3.05, 3.63) is 94.3 Å². The van der Waals surface area contributed by atoms with Crippen molar-refractivity contribution in [1.29, 1.82) is 5.26 Å². The predicted octanol–water partition coefficient (Wildman–Crippen LogP) is 7.94. The van der Waals surface area contributed by atoms with E-state index in [-0.39, 0.29) is 59.4 Å². The van der Waals surface area contributed by atoms with E-state index in [1.165, 1.54) is 34.1 Å². The number of ether oxygens (including phenoxy) is 2. The van der Waals surface area contributed by atoms with Crippen molar-refractivity contribution in [1.82, 2.24) is 20.5 Å². The Morgan fingerprint density at radius 2 is 1.72 bits per heavy atom. The van der Waals surface area contributed by atoms with Crippen molar-refractivity contribution < 1.29 is 38.1 Å². The number of nitriles is 1. The summed E-state index contributed by atoms with van der Waals surface area (Å²) in [4.78, 5) is 63.3. The third-order valence-corrected chi connectivity index (χ3v) is 13.3. The number of unbranched alkanes of at least 4 members (excludes halogenated alkanes) is 5. The summed E-state index contributed by atoms with van der Waals surface area (Å²) in [5.41, 5.74) is 2.93. The molecule has 3 heterocycles. The summed E-state index contributed by atoms with van der Waals surface area (Å²) in [6, 6.07) is 17.0. The summed E-state index contributed by atoms with van der Waals surface area (Å²) in [6.07, 6.45) is 6.11. The Morgan fingerprint density at radius 1 is 1.03 bits per heavy atom. The fourth-order valence-electron chi connectivity index (χ4n) is 8.07. The highest BCUT2D eigenvalue weighted by atomic mass is 35.5. The number of carbonyl (C=O) groups excluding carboxylic acids is 4. The van der Waals surface area contributed by atoms with Crippen molar-refractivity contribution >= 4 is 75.3 Å². The largest absolute Gasteiger partial charge is 0.491 e. The van der Waals surface area contributed by atoms with Crippen molar-refractivity contribution in [2.24, 2.45) is 5.41 Å². The summed E-state index contributed by atoms with van der Waals surface area (Å²) >= 11 is 13.5. The van der Waals surface area contributed by atoms with Gasteiger partial charge in [0.1, 0.15) is 30.3 Å². The van der Waals surface area contributed by atoms with E-state index in [2.05, 4.69) is 15.6 Å². The number of amides is 4. The summed E-state index contributed by atoms with van der Waals surface area (Å²) in [6.45, 7) is 9.60. The number of aliphatic hydroxyl groups is 1. The Labute approximate surface area is 405 Å². The highest BCUT2D eigenvalue weighted by molar-refractivity contribution is 7.81. The summed E-state index contributed by atoms with van der Waals surface area (Å²) in [7, 11) is 0. The third-order valence-electron chi connectivity index (χ3n) is 11.8. The van der Waals surface area contributed by atoms with E-state index in [0.717, 1.165) is 54.5 Å². The lowest BCUT2D eigenvalue weighted by atomic mass is 9.85. The first-order chi connectivity index (χ1) is 31.9. The van der Waals surface area contributed by atoms with E-state index < -0.39 is 46.8 Å². The molecule has 67 heavy (non-hydrogen) atoms. The first-order valence-electron chi connectivity index (χ1n) is 22.3. The molecule has 1 aromatic heterocycles. The van der Waals surface area contributed by atoms with Gasteiger partial charge in [0.25, 0.3) is 5.91 Å². The summed E-state index contributed by atoms with van der Waals surface area (Å²) < 4.78 is 26.7. The molecule has 0 unspecified atom stereocenters. The number of nitrogens with one attached hydrogen (secondary N) is 2. The monoisotopic (exact) mass is 973 g/mol. The predicted molar refractivity (Wildman–Crippen MR) is 260 cm³/mol. The first kappa shape index (κ1) is 50.9. The Hall–Kier alpha value is -5.51. The summed E-state index contributed by atoms with van der Waals surface area (Å²) in [5.74, 6) is -2.07. The highest BCUT2D eigenvalue weighted by Crippen LogP contribution is 2.39. The first-order valence-corrected chi connectivity index (χ1v) is 24.0. The molecule has 3 N–H and O–H groups in total. The second kappa shape index (κ2) is 22.5. The van der Waals surface area contributed by atoms with Crippen LogP contribution in [0.15, 0.2) is 72.4 Å².